The summed E-state index contributed by atoms with van der Waals surface area (Å²) in [7, 11) is 1.58. The van der Waals surface area contributed by atoms with E-state index in [9.17, 15) is 15.0 Å². The molecule has 2 heterocycles. The van der Waals surface area contributed by atoms with Crippen molar-refractivity contribution in [2.75, 3.05) is 13.7 Å². The van der Waals surface area contributed by atoms with E-state index in [1.165, 1.54) is 6.92 Å². The number of aliphatic hydroxyl groups excluding tert-OH is 2. The number of hydrogen-bond donors (Lipinski definition) is 3. The Labute approximate surface area is 139 Å². The molecule has 1 amide bonds. The van der Waals surface area contributed by atoms with Crippen molar-refractivity contribution >= 4 is 5.91 Å². The lowest BCUT2D eigenvalue weighted by Gasteiger charge is -2.46. The van der Waals surface area contributed by atoms with Gasteiger partial charge < -0.3 is 34.5 Å². The number of nitrogens with one attached hydrogen (secondary N) is 1. The molecular weight excluding hydrogens is 318 g/mol. The Morgan fingerprint density at radius 1 is 1.25 bits per heavy atom. The fourth-order valence-corrected chi connectivity index (χ4v) is 2.93. The third kappa shape index (κ3) is 3.38. The average Bonchev–Trinajstić information content (AvgIpc) is 2.58. The number of carbonyl (C=O) groups is 1. The molecule has 0 radical (unpaired) electrons. The quantitative estimate of drug-likeness (QED) is 0.694. The Kier molecular flexibility index (Phi) is 5.02. The summed E-state index contributed by atoms with van der Waals surface area (Å²) >= 11 is 0. The molecule has 2 fully saturated rings. The van der Waals surface area contributed by atoms with Gasteiger partial charge in [0.15, 0.2) is 12.6 Å². The number of benzene rings is 1. The second kappa shape index (κ2) is 7.04. The summed E-state index contributed by atoms with van der Waals surface area (Å²) in [6, 6.07) is 6.22. The summed E-state index contributed by atoms with van der Waals surface area (Å²) in [4.78, 5) is 11.2. The fourth-order valence-electron chi connectivity index (χ4n) is 2.93. The van der Waals surface area contributed by atoms with E-state index in [1.807, 2.05) is 0 Å². The molecule has 2 saturated heterocycles. The fraction of sp³-hybridized carbons (Fsp3) is 0.562. The molecule has 1 aromatic rings. The predicted octanol–water partition coefficient (Wildman–Crippen LogP) is -0.308. The zero-order valence-electron chi connectivity index (χ0n) is 13.4. The number of carbonyl (C=O) groups excluding carboxylic acids is 1. The largest absolute Gasteiger partial charge is 0.497 e. The van der Waals surface area contributed by atoms with Crippen LogP contribution in [-0.4, -0.2) is 60.5 Å². The molecule has 0 aliphatic carbocycles. The molecule has 132 valence electrons. The van der Waals surface area contributed by atoms with Gasteiger partial charge in [-0.2, -0.15) is 0 Å². The van der Waals surface area contributed by atoms with Gasteiger partial charge in [0.25, 0.3) is 0 Å². The van der Waals surface area contributed by atoms with Gasteiger partial charge in [-0.15, -0.1) is 0 Å². The molecule has 3 N–H and O–H groups in total. The molecule has 2 aliphatic rings. The normalized spacial score (nSPS) is 35.8. The second-order valence-electron chi connectivity index (χ2n) is 5.82. The van der Waals surface area contributed by atoms with Gasteiger partial charge in [-0.1, -0.05) is 12.1 Å². The van der Waals surface area contributed by atoms with Gasteiger partial charge in [0, 0.05) is 12.5 Å². The molecule has 0 aromatic heterocycles. The highest BCUT2D eigenvalue weighted by Gasteiger charge is 2.49. The highest BCUT2D eigenvalue weighted by molar-refractivity contribution is 5.73. The first-order valence-electron chi connectivity index (χ1n) is 7.69. The van der Waals surface area contributed by atoms with Crippen LogP contribution in [0.2, 0.25) is 0 Å². The van der Waals surface area contributed by atoms with Crippen LogP contribution in [0.1, 0.15) is 18.8 Å². The van der Waals surface area contributed by atoms with Crippen molar-refractivity contribution in [3.05, 3.63) is 29.8 Å². The van der Waals surface area contributed by atoms with Gasteiger partial charge in [-0.3, -0.25) is 4.79 Å². The van der Waals surface area contributed by atoms with Crippen molar-refractivity contribution in [3.8, 4) is 5.75 Å². The predicted molar refractivity (Wildman–Crippen MR) is 81.1 cm³/mol. The maximum absolute atomic E-state index is 11.2. The Balaban J connectivity index is 1.73. The zero-order valence-corrected chi connectivity index (χ0v) is 13.4. The molecule has 3 rings (SSSR count). The average molecular weight is 339 g/mol. The van der Waals surface area contributed by atoms with Crippen LogP contribution in [-0.2, 0) is 19.0 Å². The first kappa shape index (κ1) is 17.1. The first-order chi connectivity index (χ1) is 11.5. The molecule has 0 bridgehead atoms. The third-order valence-corrected chi connectivity index (χ3v) is 4.14. The van der Waals surface area contributed by atoms with Crippen molar-refractivity contribution in [1.82, 2.24) is 5.32 Å². The summed E-state index contributed by atoms with van der Waals surface area (Å²) in [5.74, 6) is 0.334. The summed E-state index contributed by atoms with van der Waals surface area (Å²) in [6.45, 7) is 1.46. The summed E-state index contributed by atoms with van der Waals surface area (Å²) < 4.78 is 22.0. The van der Waals surface area contributed by atoms with Gasteiger partial charge in [-0.05, 0) is 12.1 Å². The maximum atomic E-state index is 11.2. The Hall–Kier alpha value is -1.71. The molecule has 0 unspecified atom stereocenters. The van der Waals surface area contributed by atoms with E-state index in [4.69, 9.17) is 18.9 Å². The van der Waals surface area contributed by atoms with Gasteiger partial charge in [0.2, 0.25) is 5.91 Å². The van der Waals surface area contributed by atoms with Crippen LogP contribution in [0.4, 0.5) is 0 Å². The standard InChI is InChI=1S/C16H21NO7/c1-8(18)17-12-13(19)14-11(23-15(12)20)7-22-16(24-14)9-3-5-10(21-2)6-4-9/h3-6,11-16,19-20H,7H2,1-2H3,(H,17,18)/t11-,12+,13-,14-,15-,16+/m0/s1. The van der Waals surface area contributed by atoms with Crippen molar-refractivity contribution < 1.29 is 34.0 Å². The van der Waals surface area contributed by atoms with Gasteiger partial charge in [0.05, 0.1) is 13.7 Å². The minimum absolute atomic E-state index is 0.155. The van der Waals surface area contributed by atoms with E-state index in [1.54, 1.807) is 31.4 Å². The lowest BCUT2D eigenvalue weighted by atomic mass is 9.96. The van der Waals surface area contributed by atoms with Crippen molar-refractivity contribution in [2.45, 2.75) is 43.9 Å². The van der Waals surface area contributed by atoms with Crippen LogP contribution in [0.3, 0.4) is 0 Å². The number of methoxy groups -OCH3 is 1. The van der Waals surface area contributed by atoms with Crippen LogP contribution >= 0.6 is 0 Å². The summed E-state index contributed by atoms with van der Waals surface area (Å²) in [5.41, 5.74) is 0.767. The van der Waals surface area contributed by atoms with Gasteiger partial charge in [-0.25, -0.2) is 0 Å². The van der Waals surface area contributed by atoms with E-state index < -0.39 is 36.9 Å². The molecule has 2 aliphatic heterocycles. The molecule has 0 spiro atoms. The van der Waals surface area contributed by atoms with Gasteiger partial charge >= 0.3 is 0 Å². The molecule has 1 aromatic carbocycles. The highest BCUT2D eigenvalue weighted by Crippen LogP contribution is 2.34. The molecule has 8 nitrogen and oxygen atoms in total. The Morgan fingerprint density at radius 3 is 2.58 bits per heavy atom. The lowest BCUT2D eigenvalue weighted by Crippen LogP contribution is -2.66. The molecule has 6 atom stereocenters. The molecule has 8 heteroatoms. The van der Waals surface area contributed by atoms with E-state index in [2.05, 4.69) is 5.32 Å². The number of rotatable bonds is 3. The van der Waals surface area contributed by atoms with Crippen LogP contribution < -0.4 is 10.1 Å². The topological polar surface area (TPSA) is 106 Å². The minimum atomic E-state index is -1.32. The third-order valence-electron chi connectivity index (χ3n) is 4.14. The van der Waals surface area contributed by atoms with E-state index in [0.29, 0.717) is 5.75 Å². The zero-order chi connectivity index (χ0) is 17.3. The highest BCUT2D eigenvalue weighted by atomic mass is 16.7. The lowest BCUT2D eigenvalue weighted by molar-refractivity contribution is -0.337. The molecule has 0 saturated carbocycles. The number of fused-ring (bicyclic) bond motifs is 1. The van der Waals surface area contributed by atoms with Crippen molar-refractivity contribution in [3.63, 3.8) is 0 Å². The number of aliphatic hydroxyl groups is 2. The maximum Gasteiger partial charge on any atom is 0.217 e. The number of hydrogen-bond acceptors (Lipinski definition) is 7. The van der Waals surface area contributed by atoms with Crippen LogP contribution in [0.15, 0.2) is 24.3 Å². The smallest absolute Gasteiger partial charge is 0.217 e. The SMILES string of the molecule is COc1ccc([C@@H]2OC[C@@H]3O[C@H](O)[C@H](NC(C)=O)[C@H](O)[C@H]3O2)cc1. The summed E-state index contributed by atoms with van der Waals surface area (Å²) in [5, 5.41) is 22.9. The van der Waals surface area contributed by atoms with Crippen molar-refractivity contribution in [2.24, 2.45) is 0 Å². The number of amides is 1. The Morgan fingerprint density at radius 2 is 1.96 bits per heavy atom. The molecular formula is C16H21NO7. The Bertz CT molecular complexity index is 578. The van der Waals surface area contributed by atoms with Crippen LogP contribution in [0, 0.1) is 0 Å². The first-order valence-corrected chi connectivity index (χ1v) is 7.69. The van der Waals surface area contributed by atoms with E-state index >= 15 is 0 Å². The number of ether oxygens (including phenoxy) is 4. The second-order valence-corrected chi connectivity index (χ2v) is 5.82. The van der Waals surface area contributed by atoms with Crippen LogP contribution in [0.25, 0.3) is 0 Å². The monoisotopic (exact) mass is 339 g/mol. The molecule has 24 heavy (non-hydrogen) atoms. The summed E-state index contributed by atoms with van der Waals surface area (Å²) in [6.07, 6.45) is -4.47. The minimum Gasteiger partial charge on any atom is -0.497 e. The van der Waals surface area contributed by atoms with E-state index in [-0.39, 0.29) is 12.5 Å². The van der Waals surface area contributed by atoms with E-state index in [0.717, 1.165) is 5.56 Å². The van der Waals surface area contributed by atoms with Crippen LogP contribution in [0.5, 0.6) is 5.75 Å². The van der Waals surface area contributed by atoms with Crippen molar-refractivity contribution in [1.29, 1.82) is 0 Å². The van der Waals surface area contributed by atoms with Gasteiger partial charge in [0.1, 0.15) is 30.1 Å².